The molecule has 2 N–H and O–H groups in total. The second-order valence-corrected chi connectivity index (χ2v) is 5.68. The first-order valence-electron chi connectivity index (χ1n) is 6.68. The maximum atomic E-state index is 11.1. The van der Waals surface area contributed by atoms with E-state index in [0.717, 1.165) is 24.8 Å². The Kier molecular flexibility index (Phi) is 3.85. The molecule has 4 atom stereocenters. The van der Waals surface area contributed by atoms with E-state index in [4.69, 9.17) is 0 Å². The van der Waals surface area contributed by atoms with E-state index < -0.39 is 0 Å². The molecule has 1 saturated heterocycles. The number of amides is 1. The SMILES string of the molecule is CC1CCC(NCC2CCC(=O)N2)CC1C. The maximum Gasteiger partial charge on any atom is 0.220 e. The Morgan fingerprint density at radius 1 is 1.25 bits per heavy atom. The van der Waals surface area contributed by atoms with Gasteiger partial charge in [-0.2, -0.15) is 0 Å². The van der Waals surface area contributed by atoms with Gasteiger partial charge in [0.2, 0.25) is 5.91 Å². The summed E-state index contributed by atoms with van der Waals surface area (Å²) in [5.41, 5.74) is 0. The van der Waals surface area contributed by atoms with Crippen LogP contribution < -0.4 is 10.6 Å². The van der Waals surface area contributed by atoms with Crippen molar-refractivity contribution in [2.75, 3.05) is 6.54 Å². The molecule has 0 aromatic rings. The average molecular weight is 224 g/mol. The number of carbonyl (C=O) groups excluding carboxylic acids is 1. The molecule has 2 rings (SSSR count). The molecule has 0 bridgehead atoms. The Morgan fingerprint density at radius 3 is 2.69 bits per heavy atom. The minimum absolute atomic E-state index is 0.220. The van der Waals surface area contributed by atoms with Crippen LogP contribution in [-0.4, -0.2) is 24.5 Å². The fourth-order valence-electron chi connectivity index (χ4n) is 2.87. The standard InChI is InChI=1S/C13H24N2O/c1-9-3-4-11(7-10(9)2)14-8-12-5-6-13(16)15-12/h9-12,14H,3-8H2,1-2H3,(H,15,16). The van der Waals surface area contributed by atoms with Crippen molar-refractivity contribution in [3.05, 3.63) is 0 Å². The summed E-state index contributed by atoms with van der Waals surface area (Å²) in [5, 5.41) is 6.63. The summed E-state index contributed by atoms with van der Waals surface area (Å²) in [5.74, 6) is 1.94. The van der Waals surface area contributed by atoms with Crippen LogP contribution in [0.1, 0.15) is 46.0 Å². The first-order valence-corrected chi connectivity index (χ1v) is 6.68. The van der Waals surface area contributed by atoms with E-state index >= 15 is 0 Å². The highest BCUT2D eigenvalue weighted by molar-refractivity contribution is 5.78. The smallest absolute Gasteiger partial charge is 0.220 e. The van der Waals surface area contributed by atoms with Crippen LogP contribution in [0.25, 0.3) is 0 Å². The third kappa shape index (κ3) is 2.97. The van der Waals surface area contributed by atoms with Gasteiger partial charge in [-0.05, 0) is 37.5 Å². The Balaban J connectivity index is 1.68. The molecule has 0 radical (unpaired) electrons. The minimum Gasteiger partial charge on any atom is -0.352 e. The van der Waals surface area contributed by atoms with Crippen molar-refractivity contribution in [3.8, 4) is 0 Å². The summed E-state index contributed by atoms with van der Waals surface area (Å²) in [6.45, 7) is 5.67. The molecule has 1 aliphatic heterocycles. The summed E-state index contributed by atoms with van der Waals surface area (Å²) >= 11 is 0. The summed E-state index contributed by atoms with van der Waals surface area (Å²) < 4.78 is 0. The number of nitrogens with one attached hydrogen (secondary N) is 2. The van der Waals surface area contributed by atoms with Crippen molar-refractivity contribution < 1.29 is 4.79 Å². The number of carbonyl (C=O) groups is 1. The maximum absolute atomic E-state index is 11.1. The van der Waals surface area contributed by atoms with Crippen LogP contribution in [0.15, 0.2) is 0 Å². The van der Waals surface area contributed by atoms with E-state index in [1.165, 1.54) is 19.3 Å². The zero-order valence-electron chi connectivity index (χ0n) is 10.5. The Morgan fingerprint density at radius 2 is 2.06 bits per heavy atom. The summed E-state index contributed by atoms with van der Waals surface area (Å²) in [6.07, 6.45) is 5.65. The Labute approximate surface area is 98.4 Å². The highest BCUT2D eigenvalue weighted by Crippen LogP contribution is 2.29. The van der Waals surface area contributed by atoms with E-state index in [-0.39, 0.29) is 5.91 Å². The van der Waals surface area contributed by atoms with E-state index in [9.17, 15) is 4.79 Å². The predicted molar refractivity (Wildman–Crippen MR) is 65.1 cm³/mol. The molecule has 0 spiro atoms. The lowest BCUT2D eigenvalue weighted by Crippen LogP contribution is -2.43. The van der Waals surface area contributed by atoms with Gasteiger partial charge in [0.05, 0.1) is 0 Å². The highest BCUT2D eigenvalue weighted by atomic mass is 16.1. The Hall–Kier alpha value is -0.570. The van der Waals surface area contributed by atoms with Gasteiger partial charge in [-0.25, -0.2) is 0 Å². The Bertz CT molecular complexity index is 254. The molecule has 4 unspecified atom stereocenters. The molecule has 2 aliphatic rings. The summed E-state index contributed by atoms with van der Waals surface area (Å²) in [7, 11) is 0. The first kappa shape index (κ1) is 11.9. The first-order chi connectivity index (χ1) is 7.65. The van der Waals surface area contributed by atoms with Crippen LogP contribution in [0.3, 0.4) is 0 Å². The van der Waals surface area contributed by atoms with Gasteiger partial charge in [-0.15, -0.1) is 0 Å². The topological polar surface area (TPSA) is 41.1 Å². The van der Waals surface area contributed by atoms with Crippen molar-refractivity contribution in [1.29, 1.82) is 0 Å². The quantitative estimate of drug-likeness (QED) is 0.766. The lowest BCUT2D eigenvalue weighted by Gasteiger charge is -2.33. The predicted octanol–water partition coefficient (Wildman–Crippen LogP) is 1.68. The van der Waals surface area contributed by atoms with Gasteiger partial charge < -0.3 is 10.6 Å². The molecular formula is C13H24N2O. The minimum atomic E-state index is 0.220. The summed E-state index contributed by atoms with van der Waals surface area (Å²) in [4.78, 5) is 11.1. The lowest BCUT2D eigenvalue weighted by atomic mass is 9.79. The zero-order chi connectivity index (χ0) is 11.5. The van der Waals surface area contributed by atoms with Crippen LogP contribution in [-0.2, 0) is 4.79 Å². The molecule has 92 valence electrons. The van der Waals surface area contributed by atoms with Crippen LogP contribution in [0.5, 0.6) is 0 Å². The molecule has 1 heterocycles. The molecule has 0 aromatic carbocycles. The second-order valence-electron chi connectivity index (χ2n) is 5.68. The van der Waals surface area contributed by atoms with Gasteiger partial charge in [-0.1, -0.05) is 13.8 Å². The largest absolute Gasteiger partial charge is 0.352 e. The average Bonchev–Trinajstić information content (AvgIpc) is 2.66. The molecule has 3 heteroatoms. The number of hydrogen-bond acceptors (Lipinski definition) is 2. The van der Waals surface area contributed by atoms with Crippen molar-refractivity contribution in [3.63, 3.8) is 0 Å². The molecule has 1 saturated carbocycles. The molecule has 2 fully saturated rings. The second kappa shape index (κ2) is 5.17. The van der Waals surface area contributed by atoms with Gasteiger partial charge in [0.25, 0.3) is 0 Å². The molecule has 0 aromatic heterocycles. The molecule has 1 amide bonds. The van der Waals surface area contributed by atoms with Crippen LogP contribution in [0.4, 0.5) is 0 Å². The normalized spacial score (nSPS) is 39.8. The van der Waals surface area contributed by atoms with Crippen molar-refractivity contribution in [1.82, 2.24) is 10.6 Å². The molecule has 3 nitrogen and oxygen atoms in total. The van der Waals surface area contributed by atoms with Gasteiger partial charge >= 0.3 is 0 Å². The van der Waals surface area contributed by atoms with Crippen LogP contribution >= 0.6 is 0 Å². The molecule has 16 heavy (non-hydrogen) atoms. The monoisotopic (exact) mass is 224 g/mol. The lowest BCUT2D eigenvalue weighted by molar-refractivity contribution is -0.119. The van der Waals surface area contributed by atoms with Crippen molar-refractivity contribution in [2.24, 2.45) is 11.8 Å². The van der Waals surface area contributed by atoms with E-state index in [1.807, 2.05) is 0 Å². The van der Waals surface area contributed by atoms with Crippen molar-refractivity contribution in [2.45, 2.75) is 58.0 Å². The van der Waals surface area contributed by atoms with Gasteiger partial charge in [0.15, 0.2) is 0 Å². The molecule has 1 aliphatic carbocycles. The third-order valence-corrected chi connectivity index (χ3v) is 4.34. The van der Waals surface area contributed by atoms with Gasteiger partial charge in [-0.3, -0.25) is 4.79 Å². The van der Waals surface area contributed by atoms with Gasteiger partial charge in [0.1, 0.15) is 0 Å². The highest BCUT2D eigenvalue weighted by Gasteiger charge is 2.26. The summed E-state index contributed by atoms with van der Waals surface area (Å²) in [6, 6.07) is 1.05. The number of hydrogen-bond donors (Lipinski definition) is 2. The van der Waals surface area contributed by atoms with Gasteiger partial charge in [0, 0.05) is 25.0 Å². The van der Waals surface area contributed by atoms with Crippen LogP contribution in [0.2, 0.25) is 0 Å². The van der Waals surface area contributed by atoms with E-state index in [1.54, 1.807) is 0 Å². The van der Waals surface area contributed by atoms with Crippen molar-refractivity contribution >= 4 is 5.91 Å². The zero-order valence-corrected chi connectivity index (χ0v) is 10.5. The number of rotatable bonds is 3. The fraction of sp³-hybridized carbons (Fsp3) is 0.923. The third-order valence-electron chi connectivity index (χ3n) is 4.34. The van der Waals surface area contributed by atoms with Crippen LogP contribution in [0, 0.1) is 11.8 Å². The van der Waals surface area contributed by atoms with E-state index in [2.05, 4.69) is 24.5 Å². The van der Waals surface area contributed by atoms with E-state index in [0.29, 0.717) is 18.5 Å². The fourth-order valence-corrected chi connectivity index (χ4v) is 2.87. The molecular weight excluding hydrogens is 200 g/mol.